The fourth-order valence-electron chi connectivity index (χ4n) is 10.2. The number of alkyl halides is 12. The van der Waals surface area contributed by atoms with Crippen LogP contribution in [0, 0.1) is 11.3 Å². The molecule has 3 heterocycles. The number of rotatable bonds is 7. The summed E-state index contributed by atoms with van der Waals surface area (Å²) in [6.45, 7) is 0. The fraction of sp³-hybridized carbons (Fsp3) is 0.0645. The van der Waals surface area contributed by atoms with E-state index in [1.54, 1.807) is 121 Å². The molecule has 0 saturated heterocycles. The highest BCUT2D eigenvalue weighted by Gasteiger charge is 2.36. The zero-order chi connectivity index (χ0) is 56.0. The van der Waals surface area contributed by atoms with Crippen LogP contribution in [0.15, 0.2) is 194 Å². The molecule has 18 heteroatoms. The molecule has 0 atom stereocenters. The summed E-state index contributed by atoms with van der Waals surface area (Å²) in [5.74, 6) is 0.618. The number of nitrogens with zero attached hydrogens (tertiary/aromatic N) is 6. The molecule has 0 aliphatic rings. The first-order chi connectivity index (χ1) is 38.1. The number of nitriles is 1. The standard InChI is InChI=1S/C62H32F12N6/c63-59(64,65)39-17-23-51-46(29-39)47-30-40(60(66,67)68)18-24-52(47)79(51)50-22-16-37(58-77-56(34-9-3-1-4-10-34)76-57(78-58)35-11-5-2-6-12-35)27-45(50)44-21-15-36(43-14-8-7-13-38(43)33-75)28-55(44)80-53-25-19-41(61(69,70)71)31-48(53)49-32-42(62(72,73)74)20-26-54(49)80/h1-32H. The first-order valence-corrected chi connectivity index (χ1v) is 24.3. The van der Waals surface area contributed by atoms with Gasteiger partial charge in [0, 0.05) is 49.4 Å². The highest BCUT2D eigenvalue weighted by Crippen LogP contribution is 2.47. The summed E-state index contributed by atoms with van der Waals surface area (Å²) in [5.41, 5.74) is -1.30. The summed E-state index contributed by atoms with van der Waals surface area (Å²) in [6.07, 6.45) is -19.7. The first kappa shape index (κ1) is 51.0. The van der Waals surface area contributed by atoms with Crippen molar-refractivity contribution in [2.75, 3.05) is 0 Å². The monoisotopic (exact) mass is 1090 g/mol. The van der Waals surface area contributed by atoms with Crippen molar-refractivity contribution < 1.29 is 52.7 Å². The Morgan fingerprint density at radius 1 is 0.312 bits per heavy atom. The third kappa shape index (κ3) is 8.99. The summed E-state index contributed by atoms with van der Waals surface area (Å²) < 4.78 is 177. The molecule has 9 aromatic carbocycles. The molecule has 0 spiro atoms. The van der Waals surface area contributed by atoms with Gasteiger partial charge in [0.1, 0.15) is 0 Å². The summed E-state index contributed by atoms with van der Waals surface area (Å²) in [7, 11) is 0. The van der Waals surface area contributed by atoms with Crippen LogP contribution in [-0.4, -0.2) is 24.1 Å². The molecule has 0 saturated carbocycles. The van der Waals surface area contributed by atoms with E-state index in [1.807, 2.05) is 0 Å². The van der Waals surface area contributed by atoms with E-state index in [0.29, 0.717) is 27.8 Å². The molecule has 0 bridgehead atoms. The van der Waals surface area contributed by atoms with E-state index in [0.717, 1.165) is 72.8 Å². The minimum absolute atomic E-state index is 0.0192. The molecule has 394 valence electrons. The van der Waals surface area contributed by atoms with Crippen LogP contribution in [0.25, 0.3) is 111 Å². The molecule has 0 unspecified atom stereocenters. The zero-order valence-corrected chi connectivity index (χ0v) is 40.7. The van der Waals surface area contributed by atoms with Crippen molar-refractivity contribution in [3.05, 3.63) is 222 Å². The van der Waals surface area contributed by atoms with Crippen LogP contribution in [0.3, 0.4) is 0 Å². The highest BCUT2D eigenvalue weighted by atomic mass is 19.4. The second-order valence-corrected chi connectivity index (χ2v) is 18.7. The van der Waals surface area contributed by atoms with Crippen molar-refractivity contribution in [2.24, 2.45) is 0 Å². The van der Waals surface area contributed by atoms with Gasteiger partial charge in [0.15, 0.2) is 17.5 Å². The van der Waals surface area contributed by atoms with Crippen molar-refractivity contribution in [3.8, 4) is 73.9 Å². The molecule has 12 rings (SSSR count). The van der Waals surface area contributed by atoms with Crippen LogP contribution in [0.4, 0.5) is 52.7 Å². The molecule has 80 heavy (non-hydrogen) atoms. The normalized spacial score (nSPS) is 12.5. The van der Waals surface area contributed by atoms with Gasteiger partial charge in [0.2, 0.25) is 0 Å². The van der Waals surface area contributed by atoms with E-state index in [4.69, 9.17) is 15.0 Å². The van der Waals surface area contributed by atoms with Crippen molar-refractivity contribution in [1.29, 1.82) is 5.26 Å². The van der Waals surface area contributed by atoms with E-state index < -0.39 is 47.0 Å². The van der Waals surface area contributed by atoms with E-state index >= 15 is 0 Å². The molecular weight excluding hydrogens is 1060 g/mol. The quantitative estimate of drug-likeness (QED) is 0.149. The van der Waals surface area contributed by atoms with E-state index in [1.165, 1.54) is 9.13 Å². The Morgan fingerprint density at radius 3 is 1.10 bits per heavy atom. The lowest BCUT2D eigenvalue weighted by molar-refractivity contribution is -0.138. The van der Waals surface area contributed by atoms with Gasteiger partial charge in [-0.15, -0.1) is 0 Å². The molecule has 0 fully saturated rings. The van der Waals surface area contributed by atoms with Crippen molar-refractivity contribution in [2.45, 2.75) is 24.7 Å². The number of hydrogen-bond acceptors (Lipinski definition) is 4. The zero-order valence-electron chi connectivity index (χ0n) is 40.7. The largest absolute Gasteiger partial charge is 0.416 e. The minimum Gasteiger partial charge on any atom is -0.309 e. The molecule has 0 amide bonds. The number of benzene rings is 9. The SMILES string of the molecule is N#Cc1ccccc1-c1ccc(-c2cc(-c3nc(-c4ccccc4)nc(-c4ccccc4)n3)ccc2-n2c3ccc(C(F)(F)F)cc3c3cc(C(F)(F)F)ccc32)c(-n2c3ccc(C(F)(F)F)cc3c3cc(C(F)(F)F)ccc32)c1. The third-order valence-corrected chi connectivity index (χ3v) is 13.9. The van der Waals surface area contributed by atoms with Crippen LogP contribution >= 0.6 is 0 Å². The Kier molecular flexibility index (Phi) is 11.9. The Bertz CT molecular complexity index is 4290. The van der Waals surface area contributed by atoms with Gasteiger partial charge in [-0.2, -0.15) is 57.9 Å². The molecule has 0 aliphatic heterocycles. The minimum atomic E-state index is -4.93. The van der Waals surface area contributed by atoms with E-state index in [2.05, 4.69) is 6.07 Å². The smallest absolute Gasteiger partial charge is 0.309 e. The van der Waals surface area contributed by atoms with Gasteiger partial charge >= 0.3 is 24.7 Å². The second kappa shape index (κ2) is 18.7. The van der Waals surface area contributed by atoms with Crippen LogP contribution < -0.4 is 0 Å². The predicted octanol–water partition coefficient (Wildman–Crippen LogP) is 18.3. The van der Waals surface area contributed by atoms with Gasteiger partial charge in [-0.1, -0.05) is 91.0 Å². The first-order valence-electron chi connectivity index (χ1n) is 24.3. The molecule has 12 aromatic rings. The summed E-state index contributed by atoms with van der Waals surface area (Å²) in [5, 5.41) is 9.50. The Hall–Kier alpha value is -9.76. The van der Waals surface area contributed by atoms with Gasteiger partial charge < -0.3 is 9.13 Å². The Labute approximate surface area is 444 Å². The van der Waals surface area contributed by atoms with Gasteiger partial charge in [-0.05, 0) is 114 Å². The van der Waals surface area contributed by atoms with Crippen molar-refractivity contribution in [1.82, 2.24) is 24.1 Å². The Balaban J connectivity index is 1.23. The van der Waals surface area contributed by atoms with Crippen molar-refractivity contribution >= 4 is 43.6 Å². The van der Waals surface area contributed by atoms with Gasteiger partial charge in [-0.25, -0.2) is 15.0 Å². The van der Waals surface area contributed by atoms with Crippen LogP contribution in [-0.2, 0) is 24.7 Å². The molecule has 0 aliphatic carbocycles. The number of halogens is 12. The fourth-order valence-corrected chi connectivity index (χ4v) is 10.2. The highest BCUT2D eigenvalue weighted by molar-refractivity contribution is 6.12. The van der Waals surface area contributed by atoms with Crippen LogP contribution in [0.1, 0.15) is 27.8 Å². The average molecular weight is 1090 g/mol. The van der Waals surface area contributed by atoms with E-state index in [9.17, 15) is 57.9 Å². The topological polar surface area (TPSA) is 72.3 Å². The molecule has 0 N–H and O–H groups in total. The molecule has 6 nitrogen and oxygen atoms in total. The van der Waals surface area contributed by atoms with Crippen LogP contribution in [0.2, 0.25) is 0 Å². The van der Waals surface area contributed by atoms with Gasteiger partial charge in [0.05, 0.1) is 67.3 Å². The maximum absolute atomic E-state index is 14.6. The summed E-state index contributed by atoms with van der Waals surface area (Å²) in [6, 6.07) is 47.0. The summed E-state index contributed by atoms with van der Waals surface area (Å²) >= 11 is 0. The Morgan fingerprint density at radius 2 is 0.688 bits per heavy atom. The van der Waals surface area contributed by atoms with Crippen molar-refractivity contribution in [3.63, 3.8) is 0 Å². The number of hydrogen-bond donors (Lipinski definition) is 0. The predicted molar refractivity (Wildman–Crippen MR) is 280 cm³/mol. The molecule has 0 radical (unpaired) electrons. The lowest BCUT2D eigenvalue weighted by Gasteiger charge is -2.21. The van der Waals surface area contributed by atoms with Gasteiger partial charge in [-0.3, -0.25) is 0 Å². The molecular formula is C62H32F12N6. The lowest BCUT2D eigenvalue weighted by Crippen LogP contribution is -2.06. The maximum Gasteiger partial charge on any atom is 0.416 e. The average Bonchev–Trinajstić information content (AvgIpc) is 3.39. The van der Waals surface area contributed by atoms with Gasteiger partial charge in [0.25, 0.3) is 0 Å². The number of aromatic nitrogens is 5. The second-order valence-electron chi connectivity index (χ2n) is 18.7. The third-order valence-electron chi connectivity index (χ3n) is 13.9. The summed E-state index contributed by atoms with van der Waals surface area (Å²) in [4.78, 5) is 14.6. The maximum atomic E-state index is 14.6. The molecule has 3 aromatic heterocycles. The number of fused-ring (bicyclic) bond motifs is 6. The lowest BCUT2D eigenvalue weighted by atomic mass is 9.93. The van der Waals surface area contributed by atoms with E-state index in [-0.39, 0.29) is 89.2 Å². The van der Waals surface area contributed by atoms with Crippen LogP contribution in [0.5, 0.6) is 0 Å².